The molecular weight excluding hydrogens is 384 g/mol. The molecule has 1 aromatic heterocycles. The summed E-state index contributed by atoms with van der Waals surface area (Å²) in [5.41, 5.74) is 1.55. The summed E-state index contributed by atoms with van der Waals surface area (Å²) in [6.45, 7) is 5.21. The summed E-state index contributed by atoms with van der Waals surface area (Å²) in [5.74, 6) is 3.53. The number of carbonyl (C=O) groups is 1. The molecule has 0 radical (unpaired) electrons. The molecule has 0 saturated heterocycles. The summed E-state index contributed by atoms with van der Waals surface area (Å²) >= 11 is 0. The predicted molar refractivity (Wildman–Crippen MR) is 112 cm³/mol. The number of hydrogen-bond acceptors (Lipinski definition) is 5. The van der Waals surface area contributed by atoms with Crippen molar-refractivity contribution in [2.75, 3.05) is 18.7 Å². The molecule has 1 aliphatic rings. The molecule has 1 N–H and O–H groups in total. The first-order valence-electron chi connectivity index (χ1n) is 9.84. The standard InChI is InChI=1S/C23H24N2O5/c1-3-27-20-7-5-4-6-19(20)24-23(26)25(14-18-10-8-16(2)30-18)13-17-9-11-21-22(12-17)29-15-28-21/h4-12H,3,13-15H2,1-2H3,(H,24,26). The molecule has 156 valence electrons. The van der Waals surface area contributed by atoms with Crippen LogP contribution in [0.1, 0.15) is 24.0 Å². The Morgan fingerprint density at radius 1 is 1.07 bits per heavy atom. The number of benzene rings is 2. The van der Waals surface area contributed by atoms with E-state index in [-0.39, 0.29) is 12.8 Å². The number of carbonyl (C=O) groups excluding carboxylic acids is 1. The van der Waals surface area contributed by atoms with Crippen LogP contribution >= 0.6 is 0 Å². The monoisotopic (exact) mass is 408 g/mol. The fourth-order valence-electron chi connectivity index (χ4n) is 3.26. The van der Waals surface area contributed by atoms with E-state index in [4.69, 9.17) is 18.6 Å². The zero-order chi connectivity index (χ0) is 20.9. The molecule has 2 aromatic carbocycles. The van der Waals surface area contributed by atoms with Crippen molar-refractivity contribution in [1.82, 2.24) is 4.90 Å². The van der Waals surface area contributed by atoms with E-state index in [0.717, 1.165) is 11.3 Å². The number of rotatable bonds is 7. The number of urea groups is 1. The summed E-state index contributed by atoms with van der Waals surface area (Å²) in [6, 6.07) is 16.6. The Labute approximate surface area is 175 Å². The normalized spacial score (nSPS) is 11.9. The molecule has 3 aromatic rings. The van der Waals surface area contributed by atoms with Gasteiger partial charge in [-0.2, -0.15) is 0 Å². The highest BCUT2D eigenvalue weighted by molar-refractivity contribution is 5.91. The third-order valence-electron chi connectivity index (χ3n) is 4.67. The van der Waals surface area contributed by atoms with Gasteiger partial charge >= 0.3 is 6.03 Å². The van der Waals surface area contributed by atoms with Crippen LogP contribution in [0.4, 0.5) is 10.5 Å². The summed E-state index contributed by atoms with van der Waals surface area (Å²) in [6.07, 6.45) is 0. The molecule has 0 fully saturated rings. The molecule has 0 aliphatic carbocycles. The number of amides is 2. The maximum atomic E-state index is 13.2. The minimum Gasteiger partial charge on any atom is -0.492 e. The van der Waals surface area contributed by atoms with Gasteiger partial charge in [0.25, 0.3) is 0 Å². The largest absolute Gasteiger partial charge is 0.492 e. The average molecular weight is 408 g/mol. The SMILES string of the molecule is CCOc1ccccc1NC(=O)N(Cc1ccc2c(c1)OCO2)Cc1ccc(C)o1. The summed E-state index contributed by atoms with van der Waals surface area (Å²) in [5, 5.41) is 2.96. The molecule has 2 amide bonds. The van der Waals surface area contributed by atoms with E-state index < -0.39 is 0 Å². The molecule has 0 atom stereocenters. The van der Waals surface area contributed by atoms with Crippen molar-refractivity contribution in [2.45, 2.75) is 26.9 Å². The number of nitrogens with one attached hydrogen (secondary N) is 1. The van der Waals surface area contributed by atoms with Crippen molar-refractivity contribution in [3.8, 4) is 17.2 Å². The van der Waals surface area contributed by atoms with Crippen LogP contribution < -0.4 is 19.5 Å². The van der Waals surface area contributed by atoms with Crippen LogP contribution in [0.5, 0.6) is 17.2 Å². The first-order chi connectivity index (χ1) is 14.6. The summed E-state index contributed by atoms with van der Waals surface area (Å²) in [7, 11) is 0. The van der Waals surface area contributed by atoms with E-state index in [1.807, 2.05) is 68.4 Å². The minimum atomic E-state index is -0.256. The van der Waals surface area contributed by atoms with Gasteiger partial charge in [-0.15, -0.1) is 0 Å². The van der Waals surface area contributed by atoms with Gasteiger partial charge in [0.15, 0.2) is 11.5 Å². The topological polar surface area (TPSA) is 73.2 Å². The van der Waals surface area contributed by atoms with Gasteiger partial charge in [-0.3, -0.25) is 0 Å². The van der Waals surface area contributed by atoms with Crippen LogP contribution in [0.2, 0.25) is 0 Å². The second-order valence-corrected chi connectivity index (χ2v) is 6.92. The number of para-hydroxylation sites is 2. The Balaban J connectivity index is 1.55. The Morgan fingerprint density at radius 2 is 1.90 bits per heavy atom. The van der Waals surface area contributed by atoms with Gasteiger partial charge in [0, 0.05) is 6.54 Å². The molecule has 0 spiro atoms. The molecule has 7 heteroatoms. The van der Waals surface area contributed by atoms with Gasteiger partial charge in [0.2, 0.25) is 6.79 Å². The van der Waals surface area contributed by atoms with E-state index in [0.29, 0.717) is 48.4 Å². The summed E-state index contributed by atoms with van der Waals surface area (Å²) < 4.78 is 22.2. The Kier molecular flexibility index (Phi) is 5.79. The molecule has 1 aliphatic heterocycles. The van der Waals surface area contributed by atoms with Crippen molar-refractivity contribution in [1.29, 1.82) is 0 Å². The molecular formula is C23H24N2O5. The van der Waals surface area contributed by atoms with Crippen molar-refractivity contribution in [2.24, 2.45) is 0 Å². The van der Waals surface area contributed by atoms with Crippen molar-refractivity contribution >= 4 is 11.7 Å². The Hall–Kier alpha value is -3.61. The van der Waals surface area contributed by atoms with Crippen molar-refractivity contribution < 1.29 is 23.4 Å². The van der Waals surface area contributed by atoms with Gasteiger partial charge in [0.1, 0.15) is 17.3 Å². The van der Waals surface area contributed by atoms with Gasteiger partial charge in [-0.25, -0.2) is 4.79 Å². The Morgan fingerprint density at radius 3 is 2.70 bits per heavy atom. The zero-order valence-corrected chi connectivity index (χ0v) is 17.0. The van der Waals surface area contributed by atoms with Crippen LogP contribution in [0.3, 0.4) is 0 Å². The smallest absolute Gasteiger partial charge is 0.322 e. The van der Waals surface area contributed by atoms with Crippen LogP contribution in [0.25, 0.3) is 0 Å². The lowest BCUT2D eigenvalue weighted by atomic mass is 10.2. The second kappa shape index (κ2) is 8.82. The maximum Gasteiger partial charge on any atom is 0.322 e. The fraction of sp³-hybridized carbons (Fsp3) is 0.261. The quantitative estimate of drug-likeness (QED) is 0.599. The number of ether oxygens (including phenoxy) is 3. The predicted octanol–water partition coefficient (Wildman–Crippen LogP) is 4.95. The van der Waals surface area contributed by atoms with E-state index in [2.05, 4.69) is 5.32 Å². The highest BCUT2D eigenvalue weighted by Gasteiger charge is 2.20. The van der Waals surface area contributed by atoms with Crippen LogP contribution in [-0.2, 0) is 13.1 Å². The fourth-order valence-corrected chi connectivity index (χ4v) is 3.26. The third-order valence-corrected chi connectivity index (χ3v) is 4.67. The number of nitrogens with zero attached hydrogens (tertiary/aromatic N) is 1. The molecule has 0 bridgehead atoms. The van der Waals surface area contributed by atoms with Gasteiger partial charge in [-0.1, -0.05) is 18.2 Å². The van der Waals surface area contributed by atoms with Crippen LogP contribution in [-0.4, -0.2) is 24.3 Å². The van der Waals surface area contributed by atoms with E-state index in [1.165, 1.54) is 0 Å². The molecule has 0 unspecified atom stereocenters. The van der Waals surface area contributed by atoms with E-state index in [1.54, 1.807) is 4.90 Å². The van der Waals surface area contributed by atoms with Crippen molar-refractivity contribution in [3.63, 3.8) is 0 Å². The Bertz CT molecular complexity index is 1030. The first kappa shape index (κ1) is 19.7. The van der Waals surface area contributed by atoms with Gasteiger partial charge in [-0.05, 0) is 55.8 Å². The lowest BCUT2D eigenvalue weighted by molar-refractivity contribution is 0.174. The number of aryl methyl sites for hydroxylation is 1. The number of anilines is 1. The summed E-state index contributed by atoms with van der Waals surface area (Å²) in [4.78, 5) is 14.9. The lowest BCUT2D eigenvalue weighted by Gasteiger charge is -2.23. The number of hydrogen-bond donors (Lipinski definition) is 1. The third kappa shape index (κ3) is 4.51. The highest BCUT2D eigenvalue weighted by atomic mass is 16.7. The molecule has 4 rings (SSSR count). The molecule has 2 heterocycles. The molecule has 0 saturated carbocycles. The lowest BCUT2D eigenvalue weighted by Crippen LogP contribution is -2.34. The molecule has 7 nitrogen and oxygen atoms in total. The maximum absolute atomic E-state index is 13.2. The number of fused-ring (bicyclic) bond motifs is 1. The molecule has 30 heavy (non-hydrogen) atoms. The minimum absolute atomic E-state index is 0.211. The van der Waals surface area contributed by atoms with E-state index in [9.17, 15) is 4.79 Å². The van der Waals surface area contributed by atoms with Gasteiger partial charge in [0.05, 0.1) is 18.8 Å². The first-order valence-corrected chi connectivity index (χ1v) is 9.84. The van der Waals surface area contributed by atoms with Crippen molar-refractivity contribution in [3.05, 3.63) is 71.7 Å². The van der Waals surface area contributed by atoms with E-state index >= 15 is 0 Å². The average Bonchev–Trinajstić information content (AvgIpc) is 3.37. The second-order valence-electron chi connectivity index (χ2n) is 6.92. The van der Waals surface area contributed by atoms with Crippen LogP contribution in [0, 0.1) is 6.92 Å². The zero-order valence-electron chi connectivity index (χ0n) is 17.0. The van der Waals surface area contributed by atoms with Crippen LogP contribution in [0.15, 0.2) is 59.0 Å². The highest BCUT2D eigenvalue weighted by Crippen LogP contribution is 2.33. The number of furan rings is 1. The van der Waals surface area contributed by atoms with Gasteiger partial charge < -0.3 is 28.8 Å².